The number of fused-ring (bicyclic) bond motifs is 1. The van der Waals surface area contributed by atoms with Crippen LogP contribution in [0.5, 0.6) is 5.75 Å². The fourth-order valence-corrected chi connectivity index (χ4v) is 4.24. The fourth-order valence-electron chi connectivity index (χ4n) is 3.40. The van der Waals surface area contributed by atoms with E-state index in [1.54, 1.807) is 31.3 Å². The van der Waals surface area contributed by atoms with Crippen molar-refractivity contribution in [3.8, 4) is 5.75 Å². The molecule has 0 atom stereocenters. The van der Waals surface area contributed by atoms with Crippen LogP contribution in [0.25, 0.3) is 10.9 Å². The van der Waals surface area contributed by atoms with E-state index in [-0.39, 0.29) is 5.91 Å². The van der Waals surface area contributed by atoms with Crippen LogP contribution in [0.2, 0.25) is 0 Å². The predicted octanol–water partition coefficient (Wildman–Crippen LogP) is 4.95. The molecule has 7 heteroatoms. The van der Waals surface area contributed by atoms with Gasteiger partial charge >= 0.3 is 0 Å². The quantitative estimate of drug-likeness (QED) is 0.218. The van der Waals surface area contributed by atoms with Crippen molar-refractivity contribution in [1.29, 1.82) is 0 Å². The topological polar surface area (TPSA) is 79.4 Å². The van der Waals surface area contributed by atoms with Crippen LogP contribution in [0.3, 0.4) is 0 Å². The van der Waals surface area contributed by atoms with Gasteiger partial charge < -0.3 is 9.72 Å². The minimum atomic E-state index is -0.119. The largest absolute Gasteiger partial charge is 0.496 e. The first-order valence-corrected chi connectivity index (χ1v) is 11.3. The Morgan fingerprint density at radius 2 is 2.03 bits per heavy atom. The number of carbonyl (C=O) groups is 1. The lowest BCUT2D eigenvalue weighted by Gasteiger charge is -2.09. The molecule has 0 aliphatic heterocycles. The lowest BCUT2D eigenvalue weighted by molar-refractivity contribution is -0.121. The molecule has 0 radical (unpaired) electrons. The second-order valence-electron chi connectivity index (χ2n) is 7.18. The average molecular weight is 445 g/mol. The van der Waals surface area contributed by atoms with Gasteiger partial charge in [-0.25, -0.2) is 10.4 Å². The van der Waals surface area contributed by atoms with Crippen molar-refractivity contribution >= 4 is 34.8 Å². The third kappa shape index (κ3) is 5.56. The van der Waals surface area contributed by atoms with Gasteiger partial charge in [-0.3, -0.25) is 4.79 Å². The Kier molecular flexibility index (Phi) is 7.19. The number of ether oxygens (including phenoxy) is 1. The normalized spacial score (nSPS) is 11.2. The highest BCUT2D eigenvalue weighted by Gasteiger charge is 2.07. The van der Waals surface area contributed by atoms with Gasteiger partial charge in [0.15, 0.2) is 0 Å². The smallest absolute Gasteiger partial charge is 0.240 e. The van der Waals surface area contributed by atoms with Gasteiger partial charge in [0.05, 0.1) is 18.4 Å². The highest BCUT2D eigenvalue weighted by atomic mass is 32.2. The number of H-pyrrole nitrogens is 1. The summed E-state index contributed by atoms with van der Waals surface area (Å²) in [5.41, 5.74) is 6.76. The Hall–Kier alpha value is -3.58. The van der Waals surface area contributed by atoms with Gasteiger partial charge in [0.1, 0.15) is 5.75 Å². The molecule has 0 fully saturated rings. The van der Waals surface area contributed by atoms with Gasteiger partial charge in [0.25, 0.3) is 0 Å². The van der Waals surface area contributed by atoms with Crippen molar-refractivity contribution in [2.45, 2.75) is 23.6 Å². The highest BCUT2D eigenvalue weighted by molar-refractivity contribution is 7.98. The number of aromatic amines is 1. The third-order valence-corrected chi connectivity index (χ3v) is 6.01. The summed E-state index contributed by atoms with van der Waals surface area (Å²) in [6.07, 6.45) is 6.42. The number of carbonyl (C=O) groups excluding carboxylic acids is 1. The fraction of sp³-hybridized carbons (Fsp3) is 0.160. The van der Waals surface area contributed by atoms with Gasteiger partial charge in [-0.05, 0) is 53.9 Å². The number of pyridine rings is 1. The second kappa shape index (κ2) is 10.6. The molecule has 0 saturated carbocycles. The molecule has 0 bridgehead atoms. The summed E-state index contributed by atoms with van der Waals surface area (Å²) in [5.74, 6) is 1.41. The zero-order valence-electron chi connectivity index (χ0n) is 17.7. The number of benzene rings is 2. The maximum Gasteiger partial charge on any atom is 0.240 e. The summed E-state index contributed by atoms with van der Waals surface area (Å²) in [5, 5.41) is 6.23. The van der Waals surface area contributed by atoms with Gasteiger partial charge in [0, 0.05) is 41.0 Å². The summed E-state index contributed by atoms with van der Waals surface area (Å²) >= 11 is 1.64. The third-order valence-electron chi connectivity index (χ3n) is 5.02. The molecule has 2 heterocycles. The Labute approximate surface area is 191 Å². The molecule has 2 aromatic carbocycles. The van der Waals surface area contributed by atoms with E-state index in [9.17, 15) is 4.79 Å². The van der Waals surface area contributed by atoms with Crippen LogP contribution in [0.1, 0.15) is 23.1 Å². The first kappa shape index (κ1) is 21.6. The van der Waals surface area contributed by atoms with Crippen LogP contribution in [0.15, 0.2) is 83.2 Å². The van der Waals surface area contributed by atoms with Gasteiger partial charge in [-0.15, -0.1) is 11.8 Å². The predicted molar refractivity (Wildman–Crippen MR) is 129 cm³/mol. The zero-order valence-corrected chi connectivity index (χ0v) is 18.6. The number of aryl methyl sites for hydroxylation is 1. The molecular weight excluding hydrogens is 420 g/mol. The molecule has 6 nitrogen and oxygen atoms in total. The summed E-state index contributed by atoms with van der Waals surface area (Å²) < 4.78 is 5.48. The van der Waals surface area contributed by atoms with Crippen LogP contribution in [-0.4, -0.2) is 29.2 Å². The molecule has 2 aromatic heterocycles. The number of rotatable bonds is 9. The molecule has 162 valence electrons. The SMILES string of the molecule is COc1ccc(C=NNC(=O)CCc2c[nH]c3ccccc23)cc1CSc1ccccn1. The summed E-state index contributed by atoms with van der Waals surface area (Å²) in [7, 11) is 1.66. The number of aromatic nitrogens is 2. The lowest BCUT2D eigenvalue weighted by atomic mass is 10.1. The van der Waals surface area contributed by atoms with Crippen molar-refractivity contribution in [2.24, 2.45) is 5.10 Å². The van der Waals surface area contributed by atoms with E-state index in [2.05, 4.69) is 26.6 Å². The average Bonchev–Trinajstić information content (AvgIpc) is 3.25. The van der Waals surface area contributed by atoms with Crippen molar-refractivity contribution in [3.63, 3.8) is 0 Å². The van der Waals surface area contributed by atoms with E-state index in [0.29, 0.717) is 12.8 Å². The Bertz CT molecular complexity index is 1220. The van der Waals surface area contributed by atoms with Crippen LogP contribution >= 0.6 is 11.8 Å². The van der Waals surface area contributed by atoms with Gasteiger partial charge in [-0.2, -0.15) is 5.10 Å². The number of methoxy groups -OCH3 is 1. The van der Waals surface area contributed by atoms with Gasteiger partial charge in [0.2, 0.25) is 5.91 Å². The van der Waals surface area contributed by atoms with E-state index in [4.69, 9.17) is 4.74 Å². The van der Waals surface area contributed by atoms with Crippen LogP contribution in [0, 0.1) is 0 Å². The molecule has 0 aliphatic carbocycles. The number of thioether (sulfide) groups is 1. The molecule has 4 rings (SSSR count). The number of hydrogen-bond donors (Lipinski definition) is 2. The van der Waals surface area contributed by atoms with E-state index in [1.165, 1.54) is 0 Å². The minimum Gasteiger partial charge on any atom is -0.496 e. The molecule has 1 amide bonds. The first-order valence-electron chi connectivity index (χ1n) is 10.3. The molecule has 0 unspecified atom stereocenters. The Morgan fingerprint density at radius 3 is 2.88 bits per heavy atom. The zero-order chi connectivity index (χ0) is 22.2. The Balaban J connectivity index is 1.32. The van der Waals surface area contributed by atoms with Crippen molar-refractivity contribution in [2.75, 3.05) is 7.11 Å². The summed E-state index contributed by atoms with van der Waals surface area (Å²) in [6.45, 7) is 0. The van der Waals surface area contributed by atoms with E-state index >= 15 is 0 Å². The molecule has 32 heavy (non-hydrogen) atoms. The lowest BCUT2D eigenvalue weighted by Crippen LogP contribution is -2.17. The number of hydrazone groups is 1. The molecule has 0 spiro atoms. The standard InChI is InChI=1S/C25H24N4O2S/c1-31-23-11-9-18(14-20(23)17-32-25-8-4-5-13-26-25)15-28-29-24(30)12-10-19-16-27-22-7-3-2-6-21(19)22/h2-9,11,13-16,27H,10,12,17H2,1H3,(H,29,30). The summed E-state index contributed by atoms with van der Waals surface area (Å²) in [6, 6.07) is 19.8. The van der Waals surface area contributed by atoms with Crippen LogP contribution in [-0.2, 0) is 17.0 Å². The maximum atomic E-state index is 12.2. The van der Waals surface area contributed by atoms with E-state index < -0.39 is 0 Å². The van der Waals surface area contributed by atoms with E-state index in [1.807, 2.05) is 60.8 Å². The number of nitrogens with zero attached hydrogens (tertiary/aromatic N) is 2. The Morgan fingerprint density at radius 1 is 1.16 bits per heavy atom. The second-order valence-corrected chi connectivity index (χ2v) is 8.18. The number of hydrogen-bond acceptors (Lipinski definition) is 5. The molecule has 0 aliphatic rings. The maximum absolute atomic E-state index is 12.2. The molecular formula is C25H24N4O2S. The number of nitrogens with one attached hydrogen (secondary N) is 2. The highest BCUT2D eigenvalue weighted by Crippen LogP contribution is 2.27. The van der Waals surface area contributed by atoms with Crippen molar-refractivity contribution < 1.29 is 9.53 Å². The monoisotopic (exact) mass is 444 g/mol. The van der Waals surface area contributed by atoms with Crippen molar-refractivity contribution in [1.82, 2.24) is 15.4 Å². The van der Waals surface area contributed by atoms with E-state index in [0.717, 1.165) is 44.1 Å². The van der Waals surface area contributed by atoms with Crippen LogP contribution < -0.4 is 10.2 Å². The minimum absolute atomic E-state index is 0.119. The summed E-state index contributed by atoms with van der Waals surface area (Å²) in [4.78, 5) is 19.8. The number of amides is 1. The van der Waals surface area contributed by atoms with Gasteiger partial charge in [-0.1, -0.05) is 24.3 Å². The first-order chi connectivity index (χ1) is 15.7. The molecule has 0 saturated heterocycles. The number of para-hydroxylation sites is 1. The van der Waals surface area contributed by atoms with Crippen molar-refractivity contribution in [3.05, 3.63) is 89.7 Å². The molecule has 4 aromatic rings. The molecule has 2 N–H and O–H groups in total. The van der Waals surface area contributed by atoms with Crippen LogP contribution in [0.4, 0.5) is 0 Å².